The molecule has 1 amide bonds. The van der Waals surface area contributed by atoms with E-state index >= 15 is 0 Å². The fraction of sp³-hybridized carbons (Fsp3) is 0.464. The Kier molecular flexibility index (Phi) is 8.32. The number of halogens is 3. The molecule has 0 radical (unpaired) electrons. The molecule has 2 saturated carbocycles. The molecule has 1 aromatic heterocycles. The largest absolute Gasteiger partial charge is 0.471 e. The molecule has 0 saturated heterocycles. The van der Waals surface area contributed by atoms with Crippen LogP contribution in [0.2, 0.25) is 0 Å². The Morgan fingerprint density at radius 2 is 1.86 bits per heavy atom. The van der Waals surface area contributed by atoms with Crippen LogP contribution in [0.4, 0.5) is 13.2 Å². The molecule has 0 bridgehead atoms. The van der Waals surface area contributed by atoms with Gasteiger partial charge < -0.3 is 15.0 Å². The van der Waals surface area contributed by atoms with Crippen LogP contribution < -0.4 is 5.32 Å². The zero-order valence-electron chi connectivity index (χ0n) is 21.0. The second-order valence-corrected chi connectivity index (χ2v) is 9.81. The van der Waals surface area contributed by atoms with Gasteiger partial charge in [0, 0.05) is 37.3 Å². The van der Waals surface area contributed by atoms with Gasteiger partial charge in [-0.1, -0.05) is 55.0 Å². The summed E-state index contributed by atoms with van der Waals surface area (Å²) in [6.07, 6.45) is 1.46. The van der Waals surface area contributed by atoms with Gasteiger partial charge >= 0.3 is 18.1 Å². The number of alkyl halides is 3. The molecule has 1 N–H and O–H groups in total. The fourth-order valence-corrected chi connectivity index (χ4v) is 5.04. The maximum absolute atomic E-state index is 13.4. The average molecular weight is 516 g/mol. The third-order valence-electron chi connectivity index (χ3n) is 7.20. The van der Waals surface area contributed by atoms with E-state index in [0.717, 1.165) is 28.0 Å². The molecule has 6 nitrogen and oxygen atoms in total. The van der Waals surface area contributed by atoms with E-state index in [4.69, 9.17) is 0 Å². The number of nitrogens with one attached hydrogen (secondary N) is 1. The van der Waals surface area contributed by atoms with Crippen LogP contribution in [0, 0.1) is 11.8 Å². The Morgan fingerprint density at radius 3 is 2.46 bits per heavy atom. The zero-order valence-corrected chi connectivity index (χ0v) is 21.0. The molecule has 0 aliphatic heterocycles. The Hall–Kier alpha value is -3.20. The number of rotatable bonds is 10. The van der Waals surface area contributed by atoms with E-state index in [1.165, 1.54) is 7.11 Å². The second kappa shape index (κ2) is 11.5. The summed E-state index contributed by atoms with van der Waals surface area (Å²) in [5, 5.41) is 3.38. The molecule has 2 atom stereocenters. The van der Waals surface area contributed by atoms with Crippen LogP contribution >= 0.6 is 0 Å². The lowest BCUT2D eigenvalue weighted by Gasteiger charge is -2.39. The summed E-state index contributed by atoms with van der Waals surface area (Å²) >= 11 is 0. The topological polar surface area (TPSA) is 71.5 Å². The number of nitrogens with zero attached hydrogens (tertiary/aromatic N) is 2. The summed E-state index contributed by atoms with van der Waals surface area (Å²) in [5.74, 6) is -2.25. The number of aromatic nitrogens is 1. The molecule has 1 unspecified atom stereocenters. The van der Waals surface area contributed by atoms with Crippen molar-refractivity contribution in [3.05, 3.63) is 71.1 Å². The van der Waals surface area contributed by atoms with Gasteiger partial charge in [-0.2, -0.15) is 13.2 Å². The van der Waals surface area contributed by atoms with Crippen LogP contribution in [0.3, 0.4) is 0 Å². The Labute approximate surface area is 214 Å². The van der Waals surface area contributed by atoms with Gasteiger partial charge in [0.1, 0.15) is 5.69 Å². The molecule has 0 spiro atoms. The number of esters is 1. The van der Waals surface area contributed by atoms with E-state index in [1.807, 2.05) is 43.3 Å². The number of carbonyl (C=O) groups is 2. The highest BCUT2D eigenvalue weighted by molar-refractivity contribution is 5.87. The maximum Gasteiger partial charge on any atom is 0.471 e. The minimum atomic E-state index is -4.88. The van der Waals surface area contributed by atoms with Crippen LogP contribution in [-0.2, 0) is 16.1 Å². The predicted octanol–water partition coefficient (Wildman–Crippen LogP) is 5.01. The molecular formula is C28H32F3N3O3. The van der Waals surface area contributed by atoms with Gasteiger partial charge in [-0.3, -0.25) is 4.79 Å². The summed E-state index contributed by atoms with van der Waals surface area (Å²) in [6, 6.07) is 12.8. The van der Waals surface area contributed by atoms with E-state index in [2.05, 4.69) is 15.0 Å². The maximum atomic E-state index is 13.4. The molecule has 2 aliphatic rings. The number of pyridine rings is 1. The molecule has 1 aromatic carbocycles. The van der Waals surface area contributed by atoms with Crippen LogP contribution in [0.25, 0.3) is 6.08 Å². The third kappa shape index (κ3) is 6.77. The first-order valence-corrected chi connectivity index (χ1v) is 12.6. The quantitative estimate of drug-likeness (QED) is 0.451. The minimum absolute atomic E-state index is 0.0213. The number of hydrogen-bond donors (Lipinski definition) is 1. The summed E-state index contributed by atoms with van der Waals surface area (Å²) < 4.78 is 45.0. The first kappa shape index (κ1) is 26.9. The average Bonchev–Trinajstić information content (AvgIpc) is 3.66. The number of benzene rings is 1. The number of carbonyl (C=O) groups excluding carboxylic acids is 2. The van der Waals surface area contributed by atoms with E-state index < -0.39 is 24.1 Å². The highest BCUT2D eigenvalue weighted by Gasteiger charge is 2.53. The van der Waals surface area contributed by atoms with Crippen molar-refractivity contribution in [2.75, 3.05) is 13.7 Å². The van der Waals surface area contributed by atoms with Crippen molar-refractivity contribution in [3.63, 3.8) is 0 Å². The van der Waals surface area contributed by atoms with Crippen molar-refractivity contribution < 1.29 is 27.5 Å². The van der Waals surface area contributed by atoms with Gasteiger partial charge in [0.25, 0.3) is 0 Å². The van der Waals surface area contributed by atoms with Gasteiger partial charge in [0.2, 0.25) is 0 Å². The van der Waals surface area contributed by atoms with Crippen molar-refractivity contribution in [3.8, 4) is 0 Å². The summed E-state index contributed by atoms with van der Waals surface area (Å²) in [6.45, 7) is 2.65. The first-order chi connectivity index (χ1) is 17.7. The van der Waals surface area contributed by atoms with Crippen LogP contribution in [0.15, 0.2) is 54.2 Å². The Morgan fingerprint density at radius 1 is 1.14 bits per heavy atom. The number of hydrogen-bond acceptors (Lipinski definition) is 5. The van der Waals surface area contributed by atoms with Crippen molar-refractivity contribution in [1.29, 1.82) is 0 Å². The van der Waals surface area contributed by atoms with Crippen LogP contribution in [0.1, 0.15) is 54.2 Å². The van der Waals surface area contributed by atoms with E-state index in [1.54, 1.807) is 18.3 Å². The lowest BCUT2D eigenvalue weighted by Crippen LogP contribution is -2.50. The molecule has 37 heavy (non-hydrogen) atoms. The highest BCUT2D eigenvalue weighted by Crippen LogP contribution is 2.46. The predicted molar refractivity (Wildman–Crippen MR) is 133 cm³/mol. The Bertz CT molecular complexity index is 1110. The van der Waals surface area contributed by atoms with E-state index in [0.29, 0.717) is 25.8 Å². The molecule has 2 aromatic rings. The van der Waals surface area contributed by atoms with Crippen LogP contribution in [0.5, 0.6) is 0 Å². The van der Waals surface area contributed by atoms with E-state index in [9.17, 15) is 22.8 Å². The third-order valence-corrected chi connectivity index (χ3v) is 7.20. The van der Waals surface area contributed by atoms with Crippen molar-refractivity contribution in [2.45, 2.75) is 57.4 Å². The standard InChI is InChI=1S/C28H32F3N3O3/c1-3-21(11-18-7-5-4-6-8-18)23-14-25(23)34(27(36)28(29,30)31)17-20-12-22(13-20)32-15-19-9-10-24(33-16-19)26(35)37-2/h4-11,16,20,22-23,25,32H,3,12-15,17H2,1-2H3/t20?,22?,23?,25-/m0/s1. The highest BCUT2D eigenvalue weighted by atomic mass is 19.4. The molecule has 198 valence electrons. The zero-order chi connectivity index (χ0) is 26.6. The lowest BCUT2D eigenvalue weighted by molar-refractivity contribution is -0.187. The molecule has 2 fully saturated rings. The molecule has 1 heterocycles. The second-order valence-electron chi connectivity index (χ2n) is 9.81. The number of methoxy groups -OCH3 is 1. The summed E-state index contributed by atoms with van der Waals surface area (Å²) in [7, 11) is 1.30. The van der Waals surface area contributed by atoms with E-state index in [-0.39, 0.29) is 30.1 Å². The SMILES string of the molecule is CCC(=Cc1ccccc1)C1C[C@@H]1N(CC1CC(NCc2ccc(C(=O)OC)nc2)C1)C(=O)C(F)(F)F. The summed E-state index contributed by atoms with van der Waals surface area (Å²) in [5.41, 5.74) is 3.22. The number of amides is 1. The Balaban J connectivity index is 1.32. The van der Waals surface area contributed by atoms with Crippen LogP contribution in [-0.4, -0.2) is 53.7 Å². The molecule has 4 rings (SSSR count). The van der Waals surface area contributed by atoms with Gasteiger partial charge in [0.15, 0.2) is 0 Å². The minimum Gasteiger partial charge on any atom is -0.464 e. The normalized spacial score (nSPS) is 23.2. The summed E-state index contributed by atoms with van der Waals surface area (Å²) in [4.78, 5) is 29.0. The molecular weight excluding hydrogens is 483 g/mol. The fourth-order valence-electron chi connectivity index (χ4n) is 5.04. The first-order valence-electron chi connectivity index (χ1n) is 12.6. The monoisotopic (exact) mass is 515 g/mol. The molecule has 2 aliphatic carbocycles. The van der Waals surface area contributed by atoms with Gasteiger partial charge in [-0.05, 0) is 48.8 Å². The van der Waals surface area contributed by atoms with Crippen molar-refractivity contribution in [1.82, 2.24) is 15.2 Å². The lowest BCUT2D eigenvalue weighted by atomic mass is 9.79. The number of ether oxygens (including phenoxy) is 1. The molecule has 9 heteroatoms. The van der Waals surface area contributed by atoms with Crippen molar-refractivity contribution >= 4 is 18.0 Å². The van der Waals surface area contributed by atoms with Crippen molar-refractivity contribution in [2.24, 2.45) is 11.8 Å². The van der Waals surface area contributed by atoms with Gasteiger partial charge in [-0.15, -0.1) is 0 Å². The van der Waals surface area contributed by atoms with Gasteiger partial charge in [-0.25, -0.2) is 9.78 Å². The van der Waals surface area contributed by atoms with Gasteiger partial charge in [0.05, 0.1) is 7.11 Å². The smallest absolute Gasteiger partial charge is 0.464 e.